The Morgan fingerprint density at radius 2 is 2.11 bits per heavy atom. The van der Waals surface area contributed by atoms with Crippen molar-refractivity contribution in [3.63, 3.8) is 0 Å². The summed E-state index contributed by atoms with van der Waals surface area (Å²) in [4.78, 5) is 10.4. The topological polar surface area (TPSA) is 50.4 Å². The Bertz CT molecular complexity index is 387. The van der Waals surface area contributed by atoms with Gasteiger partial charge in [0.2, 0.25) is 0 Å². The largest absolute Gasteiger partial charge is 0.381 e. The first kappa shape index (κ1) is 12.1. The van der Waals surface area contributed by atoms with Gasteiger partial charge in [-0.1, -0.05) is 0 Å². The third-order valence-corrected chi connectivity index (χ3v) is 3.87. The maximum absolute atomic E-state index is 5.63. The molecule has 2 fully saturated rings. The highest BCUT2D eigenvalue weighted by Crippen LogP contribution is 2.28. The van der Waals surface area contributed by atoms with Crippen LogP contribution in [-0.4, -0.2) is 53.9 Å². The van der Waals surface area contributed by atoms with Gasteiger partial charge in [0.15, 0.2) is 0 Å². The number of imidazole rings is 1. The Hall–Kier alpha value is -0.910. The monoisotopic (exact) mass is 251 g/mol. The zero-order valence-corrected chi connectivity index (χ0v) is 10.9. The fourth-order valence-corrected chi connectivity index (χ4v) is 2.91. The number of nitrogens with zero attached hydrogens (tertiary/aromatic N) is 2. The minimum atomic E-state index is 0.274. The van der Waals surface area contributed by atoms with Gasteiger partial charge in [0.25, 0.3) is 0 Å². The molecule has 0 spiro atoms. The molecule has 2 saturated heterocycles. The number of aromatic amines is 1. The van der Waals surface area contributed by atoms with E-state index in [0.717, 1.165) is 57.3 Å². The first-order chi connectivity index (χ1) is 8.84. The summed E-state index contributed by atoms with van der Waals surface area (Å²) in [6, 6.07) is 0.883. The van der Waals surface area contributed by atoms with Gasteiger partial charge in [-0.05, 0) is 19.8 Å². The average molecular weight is 251 g/mol. The van der Waals surface area contributed by atoms with Gasteiger partial charge < -0.3 is 14.5 Å². The smallest absolute Gasteiger partial charge is 0.126 e. The molecule has 2 aliphatic heterocycles. The Morgan fingerprint density at radius 1 is 1.28 bits per heavy atom. The van der Waals surface area contributed by atoms with E-state index in [1.165, 1.54) is 0 Å². The van der Waals surface area contributed by atoms with Crippen molar-refractivity contribution >= 4 is 0 Å². The van der Waals surface area contributed by atoms with Crippen molar-refractivity contribution in [2.45, 2.75) is 31.8 Å². The minimum absolute atomic E-state index is 0.274. The first-order valence-corrected chi connectivity index (χ1v) is 6.77. The fourth-order valence-electron chi connectivity index (χ4n) is 2.91. The van der Waals surface area contributed by atoms with Gasteiger partial charge in [-0.15, -0.1) is 0 Å². The Morgan fingerprint density at radius 3 is 2.83 bits per heavy atom. The second-order valence-electron chi connectivity index (χ2n) is 5.12. The van der Waals surface area contributed by atoms with Gasteiger partial charge in [-0.2, -0.15) is 0 Å². The molecule has 100 valence electrons. The molecular formula is C13H21N3O2. The molecule has 0 bridgehead atoms. The van der Waals surface area contributed by atoms with Crippen molar-refractivity contribution in [1.82, 2.24) is 14.9 Å². The van der Waals surface area contributed by atoms with Crippen LogP contribution in [0, 0.1) is 6.92 Å². The fraction of sp³-hybridized carbons (Fsp3) is 0.769. The molecule has 0 amide bonds. The van der Waals surface area contributed by atoms with E-state index in [9.17, 15) is 0 Å². The van der Waals surface area contributed by atoms with Crippen molar-refractivity contribution < 1.29 is 9.47 Å². The molecule has 1 aromatic rings. The Labute approximate surface area is 107 Å². The number of nitrogens with one attached hydrogen (secondary N) is 1. The number of hydrogen-bond acceptors (Lipinski definition) is 4. The van der Waals surface area contributed by atoms with Gasteiger partial charge in [-0.25, -0.2) is 4.98 Å². The standard InChI is InChI=1S/C13H21N3O2/c1-10-8-14-13(15-10)12-9-18-7-4-16(12)11-2-5-17-6-3-11/h8,11-12H,2-7,9H2,1H3,(H,14,15)/t12-/m0/s1. The number of aromatic nitrogens is 2. The maximum atomic E-state index is 5.63. The third kappa shape index (κ3) is 2.43. The predicted octanol–water partition coefficient (Wildman–Crippen LogP) is 1.27. The molecule has 5 heteroatoms. The van der Waals surface area contributed by atoms with Gasteiger partial charge >= 0.3 is 0 Å². The summed E-state index contributed by atoms with van der Waals surface area (Å²) in [7, 11) is 0. The molecular weight excluding hydrogens is 230 g/mol. The van der Waals surface area contributed by atoms with Crippen LogP contribution in [0.1, 0.15) is 30.4 Å². The number of H-pyrrole nitrogens is 1. The SMILES string of the molecule is Cc1cnc([C@@H]2COCCN2C2CCOCC2)[nH]1. The van der Waals surface area contributed by atoms with Crippen molar-refractivity contribution in [3.8, 4) is 0 Å². The van der Waals surface area contributed by atoms with Crippen molar-refractivity contribution in [2.24, 2.45) is 0 Å². The molecule has 1 aromatic heterocycles. The van der Waals surface area contributed by atoms with Crippen LogP contribution >= 0.6 is 0 Å². The average Bonchev–Trinajstić information content (AvgIpc) is 2.86. The molecule has 0 aliphatic carbocycles. The van der Waals surface area contributed by atoms with Crippen molar-refractivity contribution in [1.29, 1.82) is 0 Å². The minimum Gasteiger partial charge on any atom is -0.381 e. The molecule has 0 aromatic carbocycles. The summed E-state index contributed by atoms with van der Waals surface area (Å²) in [5, 5.41) is 0. The first-order valence-electron chi connectivity index (χ1n) is 6.77. The van der Waals surface area contributed by atoms with Crippen molar-refractivity contribution in [3.05, 3.63) is 17.7 Å². The number of aryl methyl sites for hydroxylation is 1. The van der Waals surface area contributed by atoms with Crippen LogP contribution in [0.5, 0.6) is 0 Å². The molecule has 1 N–H and O–H groups in total. The molecule has 5 nitrogen and oxygen atoms in total. The summed E-state index contributed by atoms with van der Waals surface area (Å²) in [5.41, 5.74) is 1.11. The van der Waals surface area contributed by atoms with Crippen LogP contribution in [0.3, 0.4) is 0 Å². The van der Waals surface area contributed by atoms with E-state index in [1.54, 1.807) is 0 Å². The van der Waals surface area contributed by atoms with E-state index in [-0.39, 0.29) is 6.04 Å². The van der Waals surface area contributed by atoms with Gasteiger partial charge in [0, 0.05) is 37.7 Å². The van der Waals surface area contributed by atoms with Crippen LogP contribution in [0.15, 0.2) is 6.20 Å². The van der Waals surface area contributed by atoms with Crippen LogP contribution in [-0.2, 0) is 9.47 Å². The quantitative estimate of drug-likeness (QED) is 0.860. The van der Waals surface area contributed by atoms with E-state index < -0.39 is 0 Å². The third-order valence-electron chi connectivity index (χ3n) is 3.87. The zero-order chi connectivity index (χ0) is 12.4. The molecule has 1 atom stereocenters. The highest BCUT2D eigenvalue weighted by molar-refractivity contribution is 5.05. The van der Waals surface area contributed by atoms with Crippen LogP contribution in [0.2, 0.25) is 0 Å². The molecule has 0 saturated carbocycles. The van der Waals surface area contributed by atoms with Crippen LogP contribution < -0.4 is 0 Å². The molecule has 0 unspecified atom stereocenters. The maximum Gasteiger partial charge on any atom is 0.126 e. The van der Waals surface area contributed by atoms with Crippen LogP contribution in [0.4, 0.5) is 0 Å². The summed E-state index contributed by atoms with van der Waals surface area (Å²) in [6.45, 7) is 6.36. The lowest BCUT2D eigenvalue weighted by molar-refractivity contribution is -0.0589. The second kappa shape index (κ2) is 5.38. The van der Waals surface area contributed by atoms with Gasteiger partial charge in [-0.3, -0.25) is 4.90 Å². The van der Waals surface area contributed by atoms with Crippen molar-refractivity contribution in [2.75, 3.05) is 33.0 Å². The van der Waals surface area contributed by atoms with Gasteiger partial charge in [0.05, 0.1) is 19.3 Å². The number of rotatable bonds is 2. The second-order valence-corrected chi connectivity index (χ2v) is 5.12. The highest BCUT2D eigenvalue weighted by Gasteiger charge is 2.32. The molecule has 3 heterocycles. The van der Waals surface area contributed by atoms with E-state index in [1.807, 2.05) is 13.1 Å². The normalized spacial score (nSPS) is 27.5. The number of hydrogen-bond donors (Lipinski definition) is 1. The summed E-state index contributed by atoms with van der Waals surface area (Å²) in [5.74, 6) is 1.04. The lowest BCUT2D eigenvalue weighted by Gasteiger charge is -2.41. The lowest BCUT2D eigenvalue weighted by Crippen LogP contribution is -2.48. The van der Waals surface area contributed by atoms with E-state index in [2.05, 4.69) is 14.9 Å². The molecule has 18 heavy (non-hydrogen) atoms. The number of morpholine rings is 1. The Balaban J connectivity index is 1.76. The summed E-state index contributed by atoms with van der Waals surface area (Å²) in [6.07, 6.45) is 4.14. The molecule has 3 rings (SSSR count). The van der Waals surface area contributed by atoms with Gasteiger partial charge in [0.1, 0.15) is 5.82 Å². The highest BCUT2D eigenvalue weighted by atomic mass is 16.5. The predicted molar refractivity (Wildman–Crippen MR) is 67.4 cm³/mol. The van der Waals surface area contributed by atoms with E-state index >= 15 is 0 Å². The van der Waals surface area contributed by atoms with E-state index in [0.29, 0.717) is 6.04 Å². The zero-order valence-electron chi connectivity index (χ0n) is 10.9. The lowest BCUT2D eigenvalue weighted by atomic mass is 10.0. The summed E-state index contributed by atoms with van der Waals surface area (Å²) < 4.78 is 11.1. The number of ether oxygens (including phenoxy) is 2. The van der Waals surface area contributed by atoms with Crippen LogP contribution in [0.25, 0.3) is 0 Å². The van der Waals surface area contributed by atoms with E-state index in [4.69, 9.17) is 9.47 Å². The summed E-state index contributed by atoms with van der Waals surface area (Å²) >= 11 is 0. The molecule has 0 radical (unpaired) electrons. The molecule has 2 aliphatic rings. The Kier molecular flexibility index (Phi) is 3.63.